The quantitative estimate of drug-likeness (QED) is 0.404. The van der Waals surface area contributed by atoms with Gasteiger partial charge in [0.25, 0.3) is 0 Å². The van der Waals surface area contributed by atoms with Gasteiger partial charge in [-0.25, -0.2) is 0 Å². The SMILES string of the molecule is CCCCCOCC(OCC)OCC. The Morgan fingerprint density at radius 3 is 2.07 bits per heavy atom. The van der Waals surface area contributed by atoms with Crippen LogP contribution in [0.1, 0.15) is 40.0 Å². The molecular formula is C11H24O3. The van der Waals surface area contributed by atoms with E-state index in [0.29, 0.717) is 19.8 Å². The van der Waals surface area contributed by atoms with Gasteiger partial charge in [-0.3, -0.25) is 0 Å². The minimum absolute atomic E-state index is 0.188. The van der Waals surface area contributed by atoms with Crippen LogP contribution < -0.4 is 0 Å². The molecule has 0 saturated carbocycles. The van der Waals surface area contributed by atoms with E-state index in [-0.39, 0.29) is 6.29 Å². The average Bonchev–Trinajstić information content (AvgIpc) is 2.18. The molecule has 0 aromatic heterocycles. The van der Waals surface area contributed by atoms with Crippen LogP contribution in [0.5, 0.6) is 0 Å². The molecule has 0 bridgehead atoms. The molecule has 14 heavy (non-hydrogen) atoms. The zero-order chi connectivity index (χ0) is 10.6. The Morgan fingerprint density at radius 2 is 1.57 bits per heavy atom. The molecule has 3 heteroatoms. The molecule has 0 fully saturated rings. The zero-order valence-electron chi connectivity index (χ0n) is 9.75. The second-order valence-corrected chi connectivity index (χ2v) is 3.12. The van der Waals surface area contributed by atoms with Gasteiger partial charge in [0, 0.05) is 19.8 Å². The molecule has 0 rings (SSSR count). The summed E-state index contributed by atoms with van der Waals surface area (Å²) in [5.74, 6) is 0. The molecule has 0 aromatic rings. The van der Waals surface area contributed by atoms with Gasteiger partial charge in [-0.1, -0.05) is 19.8 Å². The Kier molecular flexibility index (Phi) is 10.9. The van der Waals surface area contributed by atoms with Crippen molar-refractivity contribution in [2.45, 2.75) is 46.3 Å². The molecule has 0 spiro atoms. The van der Waals surface area contributed by atoms with Gasteiger partial charge in [-0.05, 0) is 20.3 Å². The normalized spacial score (nSPS) is 11.1. The summed E-state index contributed by atoms with van der Waals surface area (Å²) >= 11 is 0. The molecule has 0 aliphatic heterocycles. The van der Waals surface area contributed by atoms with E-state index < -0.39 is 0 Å². The largest absolute Gasteiger partial charge is 0.376 e. The number of hydrogen-bond acceptors (Lipinski definition) is 3. The van der Waals surface area contributed by atoms with E-state index in [1.807, 2.05) is 13.8 Å². The van der Waals surface area contributed by atoms with Crippen LogP contribution in [-0.2, 0) is 14.2 Å². The molecule has 0 aliphatic carbocycles. The molecule has 0 N–H and O–H groups in total. The molecule has 0 aromatic carbocycles. The lowest BCUT2D eigenvalue weighted by Crippen LogP contribution is -2.23. The molecule has 0 radical (unpaired) electrons. The Bertz CT molecular complexity index is 101. The van der Waals surface area contributed by atoms with Gasteiger partial charge in [-0.2, -0.15) is 0 Å². The molecule has 3 nitrogen and oxygen atoms in total. The van der Waals surface area contributed by atoms with Crippen LogP contribution in [-0.4, -0.2) is 32.7 Å². The molecule has 0 atom stereocenters. The Labute approximate surface area is 87.7 Å². The molecule has 86 valence electrons. The van der Waals surface area contributed by atoms with E-state index in [4.69, 9.17) is 14.2 Å². The first-order valence-corrected chi connectivity index (χ1v) is 5.66. The van der Waals surface area contributed by atoms with Crippen LogP contribution in [0.25, 0.3) is 0 Å². The maximum absolute atomic E-state index is 5.45. The Hall–Kier alpha value is -0.120. The first-order chi connectivity index (χ1) is 6.85. The van der Waals surface area contributed by atoms with Crippen LogP contribution in [0.2, 0.25) is 0 Å². The predicted octanol–water partition coefficient (Wildman–Crippen LogP) is 2.59. The van der Waals surface area contributed by atoms with Crippen molar-refractivity contribution in [2.24, 2.45) is 0 Å². The Morgan fingerprint density at radius 1 is 0.929 bits per heavy atom. The Balaban J connectivity index is 3.30. The van der Waals surface area contributed by atoms with E-state index >= 15 is 0 Å². The van der Waals surface area contributed by atoms with Crippen LogP contribution in [0.15, 0.2) is 0 Å². The highest BCUT2D eigenvalue weighted by molar-refractivity contribution is 4.42. The summed E-state index contributed by atoms with van der Waals surface area (Å²) in [4.78, 5) is 0. The van der Waals surface area contributed by atoms with E-state index in [1.165, 1.54) is 12.8 Å². The van der Waals surface area contributed by atoms with E-state index in [1.54, 1.807) is 0 Å². The molecule has 0 saturated heterocycles. The van der Waals surface area contributed by atoms with Crippen molar-refractivity contribution >= 4 is 0 Å². The van der Waals surface area contributed by atoms with E-state index in [0.717, 1.165) is 13.0 Å². The second-order valence-electron chi connectivity index (χ2n) is 3.12. The molecule has 0 amide bonds. The van der Waals surface area contributed by atoms with Crippen molar-refractivity contribution in [3.63, 3.8) is 0 Å². The van der Waals surface area contributed by atoms with Gasteiger partial charge in [0.05, 0.1) is 6.61 Å². The van der Waals surface area contributed by atoms with Gasteiger partial charge in [0.2, 0.25) is 0 Å². The molecule has 0 aliphatic rings. The van der Waals surface area contributed by atoms with Crippen LogP contribution >= 0.6 is 0 Å². The van der Waals surface area contributed by atoms with Crippen LogP contribution in [0, 0.1) is 0 Å². The lowest BCUT2D eigenvalue weighted by molar-refractivity contribution is -0.167. The number of rotatable bonds is 10. The van der Waals surface area contributed by atoms with Crippen molar-refractivity contribution in [3.8, 4) is 0 Å². The summed E-state index contributed by atoms with van der Waals surface area (Å²) in [5, 5.41) is 0. The molecule has 0 heterocycles. The summed E-state index contributed by atoms with van der Waals surface area (Å²) in [5.41, 5.74) is 0. The lowest BCUT2D eigenvalue weighted by Gasteiger charge is -2.16. The number of hydrogen-bond donors (Lipinski definition) is 0. The minimum atomic E-state index is -0.188. The van der Waals surface area contributed by atoms with Gasteiger partial charge in [0.1, 0.15) is 0 Å². The third-order valence-electron chi connectivity index (χ3n) is 1.85. The average molecular weight is 204 g/mol. The van der Waals surface area contributed by atoms with Crippen molar-refractivity contribution in [1.29, 1.82) is 0 Å². The molecular weight excluding hydrogens is 180 g/mol. The highest BCUT2D eigenvalue weighted by Gasteiger charge is 2.06. The summed E-state index contributed by atoms with van der Waals surface area (Å²) < 4.78 is 16.1. The van der Waals surface area contributed by atoms with Gasteiger partial charge < -0.3 is 14.2 Å². The summed E-state index contributed by atoms with van der Waals surface area (Å²) in [6.45, 7) is 8.80. The topological polar surface area (TPSA) is 27.7 Å². The minimum Gasteiger partial charge on any atom is -0.376 e. The second kappa shape index (κ2) is 11.0. The van der Waals surface area contributed by atoms with Crippen molar-refractivity contribution in [1.82, 2.24) is 0 Å². The third kappa shape index (κ3) is 8.48. The fourth-order valence-electron chi connectivity index (χ4n) is 1.15. The van der Waals surface area contributed by atoms with Crippen LogP contribution in [0.3, 0.4) is 0 Å². The summed E-state index contributed by atoms with van der Waals surface area (Å²) in [7, 11) is 0. The number of unbranched alkanes of at least 4 members (excludes halogenated alkanes) is 2. The summed E-state index contributed by atoms with van der Waals surface area (Å²) in [6.07, 6.45) is 3.39. The fraction of sp³-hybridized carbons (Fsp3) is 1.00. The smallest absolute Gasteiger partial charge is 0.180 e. The first kappa shape index (κ1) is 13.9. The lowest BCUT2D eigenvalue weighted by atomic mass is 10.3. The highest BCUT2D eigenvalue weighted by atomic mass is 16.7. The van der Waals surface area contributed by atoms with Gasteiger partial charge >= 0.3 is 0 Å². The van der Waals surface area contributed by atoms with E-state index in [9.17, 15) is 0 Å². The maximum atomic E-state index is 5.45. The maximum Gasteiger partial charge on any atom is 0.180 e. The third-order valence-corrected chi connectivity index (χ3v) is 1.85. The fourth-order valence-corrected chi connectivity index (χ4v) is 1.15. The zero-order valence-corrected chi connectivity index (χ0v) is 9.75. The standard InChI is InChI=1S/C11H24O3/c1-4-7-8-9-12-10-11(13-5-2)14-6-3/h11H,4-10H2,1-3H3. The first-order valence-electron chi connectivity index (χ1n) is 5.66. The molecule has 0 unspecified atom stereocenters. The van der Waals surface area contributed by atoms with Crippen LogP contribution in [0.4, 0.5) is 0 Å². The van der Waals surface area contributed by atoms with Gasteiger partial charge in [-0.15, -0.1) is 0 Å². The van der Waals surface area contributed by atoms with Crippen molar-refractivity contribution in [2.75, 3.05) is 26.4 Å². The summed E-state index contributed by atoms with van der Waals surface area (Å²) in [6, 6.07) is 0. The van der Waals surface area contributed by atoms with Crippen molar-refractivity contribution in [3.05, 3.63) is 0 Å². The monoisotopic (exact) mass is 204 g/mol. The highest BCUT2D eigenvalue weighted by Crippen LogP contribution is 1.99. The number of ether oxygens (including phenoxy) is 3. The van der Waals surface area contributed by atoms with E-state index in [2.05, 4.69) is 6.92 Å². The van der Waals surface area contributed by atoms with Crippen molar-refractivity contribution < 1.29 is 14.2 Å². The predicted molar refractivity (Wildman–Crippen MR) is 57.4 cm³/mol. The van der Waals surface area contributed by atoms with Gasteiger partial charge in [0.15, 0.2) is 6.29 Å².